The molecule has 0 spiro atoms. The lowest BCUT2D eigenvalue weighted by Crippen LogP contribution is -2.18. The Morgan fingerprint density at radius 1 is 0.576 bits per heavy atom. The molecular weight excluding hydrogens is 400 g/mol. The van der Waals surface area contributed by atoms with Crippen LogP contribution in [0.2, 0.25) is 0 Å². The van der Waals surface area contributed by atoms with Gasteiger partial charge in [-0.05, 0) is 46.2 Å². The Morgan fingerprint density at radius 3 is 2.00 bits per heavy atom. The molecule has 0 aromatic heterocycles. The standard InChI is InChI=1S/C31H28N2/c1-32(2)31-22-28(20-21-30(31)25-12-5-3-6-13-25)33(27-17-7-4-8-18-27)23-26-16-11-15-24-14-9-10-19-29(24)26/h3-22H,23H2,1-2H3. The van der Waals surface area contributed by atoms with Crippen molar-refractivity contribution in [3.8, 4) is 11.1 Å². The van der Waals surface area contributed by atoms with E-state index in [0.29, 0.717) is 0 Å². The highest BCUT2D eigenvalue weighted by Crippen LogP contribution is 2.37. The van der Waals surface area contributed by atoms with Crippen LogP contribution in [0.15, 0.2) is 121 Å². The van der Waals surface area contributed by atoms with Crippen molar-refractivity contribution >= 4 is 27.8 Å². The third kappa shape index (κ3) is 4.33. The zero-order chi connectivity index (χ0) is 22.6. The van der Waals surface area contributed by atoms with E-state index in [0.717, 1.165) is 6.54 Å². The van der Waals surface area contributed by atoms with Crippen LogP contribution in [0.3, 0.4) is 0 Å². The quantitative estimate of drug-likeness (QED) is 0.271. The van der Waals surface area contributed by atoms with Crippen molar-refractivity contribution < 1.29 is 0 Å². The zero-order valence-corrected chi connectivity index (χ0v) is 19.1. The number of rotatable bonds is 6. The maximum atomic E-state index is 2.41. The third-order valence-electron chi connectivity index (χ3n) is 6.14. The molecule has 2 nitrogen and oxygen atoms in total. The molecule has 0 heterocycles. The molecule has 5 aromatic carbocycles. The van der Waals surface area contributed by atoms with E-state index in [1.165, 1.54) is 44.5 Å². The lowest BCUT2D eigenvalue weighted by Gasteiger charge is -2.28. The molecule has 0 atom stereocenters. The number of hydrogen-bond acceptors (Lipinski definition) is 2. The minimum Gasteiger partial charge on any atom is -0.377 e. The molecule has 5 aromatic rings. The first-order chi connectivity index (χ1) is 16.2. The summed E-state index contributed by atoms with van der Waals surface area (Å²) in [5.41, 5.74) is 7.35. The Bertz CT molecular complexity index is 1350. The summed E-state index contributed by atoms with van der Waals surface area (Å²) in [4.78, 5) is 4.61. The molecule has 0 saturated heterocycles. The van der Waals surface area contributed by atoms with E-state index in [-0.39, 0.29) is 0 Å². The second-order valence-electron chi connectivity index (χ2n) is 8.52. The van der Waals surface area contributed by atoms with E-state index >= 15 is 0 Å². The van der Waals surface area contributed by atoms with Gasteiger partial charge in [0.1, 0.15) is 0 Å². The van der Waals surface area contributed by atoms with Gasteiger partial charge in [0.25, 0.3) is 0 Å². The molecule has 162 valence electrons. The van der Waals surface area contributed by atoms with Crippen molar-refractivity contribution in [2.45, 2.75) is 6.54 Å². The SMILES string of the molecule is CN(C)c1cc(N(Cc2cccc3ccccc23)c2ccccc2)ccc1-c1ccccc1. The van der Waals surface area contributed by atoms with E-state index in [1.54, 1.807) is 0 Å². The van der Waals surface area contributed by atoms with Crippen LogP contribution in [0, 0.1) is 0 Å². The Hall–Kier alpha value is -4.04. The normalized spacial score (nSPS) is 10.8. The molecule has 0 aliphatic heterocycles. The molecule has 0 bridgehead atoms. The smallest absolute Gasteiger partial charge is 0.0487 e. The van der Waals surface area contributed by atoms with Gasteiger partial charge in [-0.1, -0.05) is 97.1 Å². The van der Waals surface area contributed by atoms with Gasteiger partial charge in [0.05, 0.1) is 0 Å². The number of benzene rings is 5. The Balaban J connectivity index is 1.62. The topological polar surface area (TPSA) is 6.48 Å². The first-order valence-corrected chi connectivity index (χ1v) is 11.4. The van der Waals surface area contributed by atoms with Crippen LogP contribution in [0.5, 0.6) is 0 Å². The van der Waals surface area contributed by atoms with Gasteiger partial charge in [0.2, 0.25) is 0 Å². The van der Waals surface area contributed by atoms with Crippen molar-refractivity contribution in [2.75, 3.05) is 23.9 Å². The van der Waals surface area contributed by atoms with Crippen molar-refractivity contribution in [1.82, 2.24) is 0 Å². The average Bonchev–Trinajstić information content (AvgIpc) is 2.88. The molecule has 33 heavy (non-hydrogen) atoms. The monoisotopic (exact) mass is 428 g/mol. The van der Waals surface area contributed by atoms with Crippen LogP contribution in [-0.4, -0.2) is 14.1 Å². The fourth-order valence-electron chi connectivity index (χ4n) is 4.46. The summed E-state index contributed by atoms with van der Waals surface area (Å²) in [6, 6.07) is 43.3. The molecule has 2 heteroatoms. The first-order valence-electron chi connectivity index (χ1n) is 11.4. The maximum absolute atomic E-state index is 2.41. The molecular formula is C31H28N2. The second kappa shape index (κ2) is 9.22. The molecule has 0 radical (unpaired) electrons. The average molecular weight is 429 g/mol. The first kappa shape index (κ1) is 20.8. The van der Waals surface area contributed by atoms with Crippen LogP contribution in [0.25, 0.3) is 21.9 Å². The van der Waals surface area contributed by atoms with Gasteiger partial charge in [0.15, 0.2) is 0 Å². The van der Waals surface area contributed by atoms with Crippen molar-refractivity contribution in [2.24, 2.45) is 0 Å². The fourth-order valence-corrected chi connectivity index (χ4v) is 4.46. The van der Waals surface area contributed by atoms with Gasteiger partial charge in [-0.3, -0.25) is 0 Å². The number of nitrogens with zero attached hydrogens (tertiary/aromatic N) is 2. The maximum Gasteiger partial charge on any atom is 0.0487 e. The van der Waals surface area contributed by atoms with Gasteiger partial charge in [0, 0.05) is 43.3 Å². The van der Waals surface area contributed by atoms with E-state index < -0.39 is 0 Å². The minimum absolute atomic E-state index is 0.795. The van der Waals surface area contributed by atoms with Crippen molar-refractivity contribution in [3.05, 3.63) is 127 Å². The lowest BCUT2D eigenvalue weighted by atomic mass is 10.0. The van der Waals surface area contributed by atoms with E-state index in [4.69, 9.17) is 0 Å². The highest BCUT2D eigenvalue weighted by molar-refractivity contribution is 5.87. The van der Waals surface area contributed by atoms with Crippen LogP contribution < -0.4 is 9.80 Å². The molecule has 0 unspecified atom stereocenters. The summed E-state index contributed by atoms with van der Waals surface area (Å²) in [5.74, 6) is 0. The van der Waals surface area contributed by atoms with Crippen LogP contribution in [-0.2, 0) is 6.54 Å². The van der Waals surface area contributed by atoms with Gasteiger partial charge in [-0.2, -0.15) is 0 Å². The predicted octanol–water partition coefficient (Wildman–Crippen LogP) is 7.91. The van der Waals surface area contributed by atoms with E-state index in [2.05, 4.69) is 145 Å². The number of hydrogen-bond donors (Lipinski definition) is 0. The number of para-hydroxylation sites is 1. The van der Waals surface area contributed by atoms with Gasteiger partial charge < -0.3 is 9.80 Å². The van der Waals surface area contributed by atoms with E-state index in [1.807, 2.05) is 0 Å². The molecule has 5 rings (SSSR count). The molecule has 0 aliphatic rings. The summed E-state index contributed by atoms with van der Waals surface area (Å²) in [5, 5.41) is 2.58. The summed E-state index contributed by atoms with van der Waals surface area (Å²) >= 11 is 0. The lowest BCUT2D eigenvalue weighted by molar-refractivity contribution is 0.982. The van der Waals surface area contributed by atoms with Gasteiger partial charge >= 0.3 is 0 Å². The zero-order valence-electron chi connectivity index (χ0n) is 19.1. The van der Waals surface area contributed by atoms with Gasteiger partial charge in [-0.15, -0.1) is 0 Å². The van der Waals surface area contributed by atoms with Crippen molar-refractivity contribution in [1.29, 1.82) is 0 Å². The highest BCUT2D eigenvalue weighted by atomic mass is 15.1. The Labute approximate surface area is 196 Å². The fraction of sp³-hybridized carbons (Fsp3) is 0.0968. The Morgan fingerprint density at radius 2 is 1.24 bits per heavy atom. The Kier molecular flexibility index (Phi) is 5.82. The second-order valence-corrected chi connectivity index (χ2v) is 8.52. The summed E-state index contributed by atoms with van der Waals surface area (Å²) < 4.78 is 0. The largest absolute Gasteiger partial charge is 0.377 e. The molecule has 0 fully saturated rings. The van der Waals surface area contributed by atoms with Crippen LogP contribution in [0.1, 0.15) is 5.56 Å². The minimum atomic E-state index is 0.795. The predicted molar refractivity (Wildman–Crippen MR) is 142 cm³/mol. The number of fused-ring (bicyclic) bond motifs is 1. The molecule has 0 N–H and O–H groups in total. The summed E-state index contributed by atoms with van der Waals surface area (Å²) in [6.45, 7) is 0.795. The highest BCUT2D eigenvalue weighted by Gasteiger charge is 2.15. The molecule has 0 saturated carbocycles. The van der Waals surface area contributed by atoms with E-state index in [9.17, 15) is 0 Å². The van der Waals surface area contributed by atoms with Crippen LogP contribution in [0.4, 0.5) is 17.1 Å². The van der Waals surface area contributed by atoms with Crippen molar-refractivity contribution in [3.63, 3.8) is 0 Å². The third-order valence-corrected chi connectivity index (χ3v) is 6.14. The van der Waals surface area contributed by atoms with Gasteiger partial charge in [-0.25, -0.2) is 0 Å². The summed E-state index contributed by atoms with van der Waals surface area (Å²) in [7, 11) is 4.23. The van der Waals surface area contributed by atoms with Crippen LogP contribution >= 0.6 is 0 Å². The molecule has 0 amide bonds. The molecule has 0 aliphatic carbocycles. The number of anilines is 3. The summed E-state index contributed by atoms with van der Waals surface area (Å²) in [6.07, 6.45) is 0.